The standard InChI is InChI=1S/C20H34O3/c1-14(12-18(22)23)6-8-16-15(2)7-9-17-19(3,13-21)10-5-11-20(16,17)4/h14,16-17,21H,2,5-13H2,1,3-4H3,(H,22,23)/t14-,16-,17-,19+,20+/m1/s1. The molecule has 3 nitrogen and oxygen atoms in total. The molecule has 0 bridgehead atoms. The maximum absolute atomic E-state index is 10.9. The van der Waals surface area contributed by atoms with Gasteiger partial charge in [-0.25, -0.2) is 0 Å². The van der Waals surface area contributed by atoms with E-state index in [-0.39, 0.29) is 29.8 Å². The van der Waals surface area contributed by atoms with Gasteiger partial charge in [0, 0.05) is 13.0 Å². The molecule has 0 aliphatic heterocycles. The van der Waals surface area contributed by atoms with Crippen LogP contribution in [0, 0.1) is 28.6 Å². The van der Waals surface area contributed by atoms with Crippen molar-refractivity contribution in [2.45, 2.75) is 72.1 Å². The van der Waals surface area contributed by atoms with Gasteiger partial charge in [-0.15, -0.1) is 0 Å². The molecule has 2 N–H and O–H groups in total. The quantitative estimate of drug-likeness (QED) is 0.700. The lowest BCUT2D eigenvalue weighted by atomic mass is 9.46. The Labute approximate surface area is 141 Å². The summed E-state index contributed by atoms with van der Waals surface area (Å²) in [5.41, 5.74) is 1.61. The smallest absolute Gasteiger partial charge is 0.303 e. The lowest BCUT2D eigenvalue weighted by Gasteiger charge is -2.58. The van der Waals surface area contributed by atoms with Crippen LogP contribution in [0.25, 0.3) is 0 Å². The van der Waals surface area contributed by atoms with Crippen molar-refractivity contribution < 1.29 is 15.0 Å². The van der Waals surface area contributed by atoms with Gasteiger partial charge in [0.05, 0.1) is 0 Å². The van der Waals surface area contributed by atoms with Gasteiger partial charge in [-0.2, -0.15) is 0 Å². The van der Waals surface area contributed by atoms with Gasteiger partial charge in [-0.05, 0) is 67.1 Å². The molecule has 0 saturated heterocycles. The number of fused-ring (bicyclic) bond motifs is 1. The van der Waals surface area contributed by atoms with E-state index < -0.39 is 5.97 Å². The highest BCUT2D eigenvalue weighted by Gasteiger charge is 2.53. The van der Waals surface area contributed by atoms with Crippen molar-refractivity contribution >= 4 is 5.97 Å². The Kier molecular flexibility index (Phi) is 5.60. The largest absolute Gasteiger partial charge is 0.481 e. The van der Waals surface area contributed by atoms with Gasteiger partial charge in [0.2, 0.25) is 0 Å². The van der Waals surface area contributed by atoms with Gasteiger partial charge in [-0.1, -0.05) is 39.3 Å². The highest BCUT2D eigenvalue weighted by Crippen LogP contribution is 2.61. The first kappa shape index (κ1) is 18.5. The minimum absolute atomic E-state index is 0.0403. The van der Waals surface area contributed by atoms with Crippen molar-refractivity contribution in [3.05, 3.63) is 12.2 Å². The number of allylic oxidation sites excluding steroid dienone is 1. The molecule has 0 aromatic carbocycles. The van der Waals surface area contributed by atoms with Crippen molar-refractivity contribution in [3.63, 3.8) is 0 Å². The number of carboxylic acid groups (broad SMARTS) is 1. The summed E-state index contributed by atoms with van der Waals surface area (Å²) in [6.45, 7) is 11.3. The van der Waals surface area contributed by atoms with E-state index >= 15 is 0 Å². The van der Waals surface area contributed by atoms with Gasteiger partial charge in [0.25, 0.3) is 0 Å². The fourth-order valence-corrected chi connectivity index (χ4v) is 5.66. The Morgan fingerprint density at radius 2 is 2.09 bits per heavy atom. The van der Waals surface area contributed by atoms with Gasteiger partial charge in [0.1, 0.15) is 0 Å². The number of carboxylic acids is 1. The molecule has 0 amide bonds. The first-order valence-corrected chi connectivity index (χ1v) is 9.23. The van der Waals surface area contributed by atoms with Crippen molar-refractivity contribution in [1.82, 2.24) is 0 Å². The molecule has 2 rings (SSSR count). The van der Waals surface area contributed by atoms with Crippen molar-refractivity contribution in [2.75, 3.05) is 6.61 Å². The van der Waals surface area contributed by atoms with E-state index in [1.165, 1.54) is 18.4 Å². The summed E-state index contributed by atoms with van der Waals surface area (Å²) in [7, 11) is 0. The third kappa shape index (κ3) is 3.65. The lowest BCUT2D eigenvalue weighted by molar-refractivity contribution is -0.138. The monoisotopic (exact) mass is 322 g/mol. The molecule has 132 valence electrons. The maximum Gasteiger partial charge on any atom is 0.303 e. The average Bonchev–Trinajstić information content (AvgIpc) is 2.45. The van der Waals surface area contributed by atoms with E-state index in [1.807, 2.05) is 6.92 Å². The number of hydrogen-bond acceptors (Lipinski definition) is 2. The molecule has 3 heteroatoms. The molecule has 0 radical (unpaired) electrons. The zero-order valence-corrected chi connectivity index (χ0v) is 15.1. The topological polar surface area (TPSA) is 57.5 Å². The predicted molar refractivity (Wildman–Crippen MR) is 93.2 cm³/mol. The van der Waals surface area contributed by atoms with Crippen LogP contribution in [-0.4, -0.2) is 22.8 Å². The third-order valence-electron chi connectivity index (χ3n) is 6.98. The van der Waals surface area contributed by atoms with Crippen LogP contribution in [0.5, 0.6) is 0 Å². The molecular formula is C20H34O3. The third-order valence-corrected chi connectivity index (χ3v) is 6.98. The second-order valence-electron chi connectivity index (χ2n) is 8.75. The van der Waals surface area contributed by atoms with Crippen LogP contribution < -0.4 is 0 Å². The number of hydrogen-bond donors (Lipinski definition) is 2. The van der Waals surface area contributed by atoms with E-state index in [0.717, 1.165) is 32.1 Å². The highest BCUT2D eigenvalue weighted by atomic mass is 16.4. The molecule has 5 atom stereocenters. The number of aliphatic hydroxyl groups excluding tert-OH is 1. The minimum Gasteiger partial charge on any atom is -0.481 e. The maximum atomic E-state index is 10.9. The second kappa shape index (κ2) is 6.96. The number of carbonyl (C=O) groups is 1. The lowest BCUT2D eigenvalue weighted by Crippen LogP contribution is -2.51. The summed E-state index contributed by atoms with van der Waals surface area (Å²) in [5, 5.41) is 19.0. The van der Waals surface area contributed by atoms with Gasteiger partial charge < -0.3 is 10.2 Å². The molecule has 0 aromatic rings. The van der Waals surface area contributed by atoms with Crippen LogP contribution >= 0.6 is 0 Å². The van der Waals surface area contributed by atoms with E-state index in [9.17, 15) is 9.90 Å². The number of aliphatic hydroxyl groups is 1. The summed E-state index contributed by atoms with van der Waals surface area (Å²) in [5.74, 6) is 0.550. The van der Waals surface area contributed by atoms with Crippen LogP contribution in [0.4, 0.5) is 0 Å². The van der Waals surface area contributed by atoms with E-state index in [0.29, 0.717) is 11.8 Å². The summed E-state index contributed by atoms with van der Waals surface area (Å²) in [6.07, 6.45) is 7.98. The highest BCUT2D eigenvalue weighted by molar-refractivity contribution is 5.66. The zero-order valence-electron chi connectivity index (χ0n) is 15.1. The van der Waals surface area contributed by atoms with Crippen molar-refractivity contribution in [2.24, 2.45) is 28.6 Å². The van der Waals surface area contributed by atoms with Gasteiger partial charge in [0.15, 0.2) is 0 Å². The van der Waals surface area contributed by atoms with E-state index in [4.69, 9.17) is 5.11 Å². The fraction of sp³-hybridized carbons (Fsp3) is 0.850. The Morgan fingerprint density at radius 3 is 2.70 bits per heavy atom. The zero-order chi connectivity index (χ0) is 17.3. The Balaban J connectivity index is 2.14. The molecule has 2 fully saturated rings. The van der Waals surface area contributed by atoms with Crippen LogP contribution in [0.3, 0.4) is 0 Å². The van der Waals surface area contributed by atoms with E-state index in [2.05, 4.69) is 20.4 Å². The van der Waals surface area contributed by atoms with Crippen LogP contribution in [0.2, 0.25) is 0 Å². The van der Waals surface area contributed by atoms with Crippen LogP contribution in [0.15, 0.2) is 12.2 Å². The fourth-order valence-electron chi connectivity index (χ4n) is 5.66. The van der Waals surface area contributed by atoms with Crippen LogP contribution in [-0.2, 0) is 4.79 Å². The molecule has 2 aliphatic rings. The van der Waals surface area contributed by atoms with Crippen molar-refractivity contribution in [1.29, 1.82) is 0 Å². The Hall–Kier alpha value is -0.830. The first-order chi connectivity index (χ1) is 10.7. The van der Waals surface area contributed by atoms with Gasteiger partial charge >= 0.3 is 5.97 Å². The van der Waals surface area contributed by atoms with Gasteiger partial charge in [-0.3, -0.25) is 4.79 Å². The summed E-state index contributed by atoms with van der Waals surface area (Å²) < 4.78 is 0. The molecule has 0 spiro atoms. The molecule has 0 unspecified atom stereocenters. The molecule has 0 aromatic heterocycles. The molecule has 2 saturated carbocycles. The first-order valence-electron chi connectivity index (χ1n) is 9.23. The second-order valence-corrected chi connectivity index (χ2v) is 8.75. The Morgan fingerprint density at radius 1 is 1.39 bits per heavy atom. The molecular weight excluding hydrogens is 288 g/mol. The normalized spacial score (nSPS) is 38.9. The average molecular weight is 322 g/mol. The molecule has 0 heterocycles. The van der Waals surface area contributed by atoms with Crippen LogP contribution in [0.1, 0.15) is 72.1 Å². The molecule has 23 heavy (non-hydrogen) atoms. The van der Waals surface area contributed by atoms with E-state index in [1.54, 1.807) is 0 Å². The summed E-state index contributed by atoms with van der Waals surface area (Å²) >= 11 is 0. The minimum atomic E-state index is -0.699. The predicted octanol–water partition coefficient (Wildman–Crippen LogP) is 4.65. The summed E-state index contributed by atoms with van der Waals surface area (Å²) in [6, 6.07) is 0. The number of aliphatic carboxylic acids is 1. The Bertz CT molecular complexity index is 458. The molecule has 2 aliphatic carbocycles. The van der Waals surface area contributed by atoms with Crippen molar-refractivity contribution in [3.8, 4) is 0 Å². The SMILES string of the molecule is C=C1CC[C@@H]2[C@](C)(CO)CCC[C@@]2(C)[C@@H]1CC[C@@H](C)CC(=O)O. The number of rotatable bonds is 6. The summed E-state index contributed by atoms with van der Waals surface area (Å²) in [4.78, 5) is 10.9.